The largest absolute Gasteiger partial charge is 0.490 e. The Bertz CT molecular complexity index is 1280. The first-order valence-electron chi connectivity index (χ1n) is 11.4. The van der Waals surface area contributed by atoms with Crippen LogP contribution in [0.2, 0.25) is 0 Å². The number of hydrazone groups is 1. The molecule has 9 heteroatoms. The molecule has 2 atom stereocenters. The third-order valence-electron chi connectivity index (χ3n) is 5.63. The number of amides is 2. The van der Waals surface area contributed by atoms with Gasteiger partial charge in [-0.05, 0) is 60.5 Å². The minimum Gasteiger partial charge on any atom is -0.490 e. The second kappa shape index (κ2) is 11.3. The SMILES string of the molecule is CCOc1cc(C=NNC(=O)[C@@H]2C(=O)NC[C@@H]2c2ccccc2)ccc1OC(=O)c1ccc(F)cc1. The van der Waals surface area contributed by atoms with Gasteiger partial charge in [-0.1, -0.05) is 30.3 Å². The molecule has 4 rings (SSSR count). The van der Waals surface area contributed by atoms with Crippen molar-refractivity contribution in [2.75, 3.05) is 13.2 Å². The van der Waals surface area contributed by atoms with Crippen molar-refractivity contribution in [3.63, 3.8) is 0 Å². The maximum atomic E-state index is 13.1. The fourth-order valence-electron chi connectivity index (χ4n) is 3.88. The predicted octanol–water partition coefficient (Wildman–Crippen LogP) is 3.42. The quantitative estimate of drug-likeness (QED) is 0.166. The van der Waals surface area contributed by atoms with E-state index < -0.39 is 23.6 Å². The summed E-state index contributed by atoms with van der Waals surface area (Å²) in [6.45, 7) is 2.47. The van der Waals surface area contributed by atoms with Gasteiger partial charge < -0.3 is 14.8 Å². The van der Waals surface area contributed by atoms with Crippen LogP contribution in [-0.4, -0.2) is 37.1 Å². The summed E-state index contributed by atoms with van der Waals surface area (Å²) in [4.78, 5) is 37.4. The molecular formula is C27H24FN3O5. The molecule has 8 nitrogen and oxygen atoms in total. The molecule has 1 aliphatic heterocycles. The number of rotatable bonds is 8. The zero-order chi connectivity index (χ0) is 25.5. The van der Waals surface area contributed by atoms with E-state index in [0.717, 1.165) is 5.56 Å². The highest BCUT2D eigenvalue weighted by molar-refractivity contribution is 6.03. The van der Waals surface area contributed by atoms with Gasteiger partial charge in [-0.3, -0.25) is 9.59 Å². The molecule has 0 aliphatic carbocycles. The van der Waals surface area contributed by atoms with E-state index in [1.807, 2.05) is 30.3 Å². The average molecular weight is 490 g/mol. The van der Waals surface area contributed by atoms with E-state index in [0.29, 0.717) is 24.5 Å². The molecule has 0 saturated carbocycles. The average Bonchev–Trinajstić information content (AvgIpc) is 3.28. The summed E-state index contributed by atoms with van der Waals surface area (Å²) in [5.41, 5.74) is 4.09. The fourth-order valence-corrected chi connectivity index (χ4v) is 3.88. The van der Waals surface area contributed by atoms with Crippen molar-refractivity contribution in [3.8, 4) is 11.5 Å². The number of carbonyl (C=O) groups is 3. The Morgan fingerprint density at radius 3 is 2.56 bits per heavy atom. The molecule has 3 aromatic rings. The fraction of sp³-hybridized carbons (Fsp3) is 0.185. The first-order valence-corrected chi connectivity index (χ1v) is 11.4. The number of esters is 1. The first kappa shape index (κ1) is 24.6. The summed E-state index contributed by atoms with van der Waals surface area (Å²) in [6, 6.07) is 19.1. The van der Waals surface area contributed by atoms with E-state index in [9.17, 15) is 18.8 Å². The second-order valence-corrected chi connectivity index (χ2v) is 8.01. The second-order valence-electron chi connectivity index (χ2n) is 8.01. The molecule has 0 spiro atoms. The Morgan fingerprint density at radius 2 is 1.83 bits per heavy atom. The molecule has 1 fully saturated rings. The lowest BCUT2D eigenvalue weighted by Crippen LogP contribution is -2.34. The number of benzene rings is 3. The summed E-state index contributed by atoms with van der Waals surface area (Å²) in [5.74, 6) is -2.67. The van der Waals surface area contributed by atoms with E-state index in [-0.39, 0.29) is 23.1 Å². The molecule has 0 radical (unpaired) electrons. The smallest absolute Gasteiger partial charge is 0.343 e. The summed E-state index contributed by atoms with van der Waals surface area (Å²) >= 11 is 0. The lowest BCUT2D eigenvalue weighted by molar-refractivity contribution is -0.133. The van der Waals surface area contributed by atoms with Crippen LogP contribution in [0.3, 0.4) is 0 Å². The van der Waals surface area contributed by atoms with Crippen molar-refractivity contribution >= 4 is 24.0 Å². The molecule has 36 heavy (non-hydrogen) atoms. The lowest BCUT2D eigenvalue weighted by atomic mass is 9.88. The van der Waals surface area contributed by atoms with Gasteiger partial charge in [0, 0.05) is 12.5 Å². The molecule has 1 aliphatic rings. The van der Waals surface area contributed by atoms with Crippen LogP contribution in [0.25, 0.3) is 0 Å². The summed E-state index contributed by atoms with van der Waals surface area (Å²) in [6.07, 6.45) is 1.40. The van der Waals surface area contributed by atoms with E-state index in [2.05, 4.69) is 15.8 Å². The zero-order valence-corrected chi connectivity index (χ0v) is 19.4. The van der Waals surface area contributed by atoms with E-state index >= 15 is 0 Å². The van der Waals surface area contributed by atoms with Crippen LogP contribution in [0, 0.1) is 11.7 Å². The van der Waals surface area contributed by atoms with Gasteiger partial charge in [0.2, 0.25) is 5.91 Å². The van der Waals surface area contributed by atoms with E-state index in [4.69, 9.17) is 9.47 Å². The third-order valence-corrected chi connectivity index (χ3v) is 5.63. The number of nitrogens with one attached hydrogen (secondary N) is 2. The Morgan fingerprint density at radius 1 is 1.08 bits per heavy atom. The standard InChI is InChI=1S/C27H24FN3O5/c1-2-35-23-14-17(8-13-22(23)36-27(34)19-9-11-20(28)12-10-19)15-30-31-26(33)24-21(16-29-25(24)32)18-6-4-3-5-7-18/h3-15,21,24H,2,16H2,1H3,(H,29,32)(H,31,33)/t21-,24+/m1/s1. The molecule has 2 amide bonds. The number of hydrogen-bond acceptors (Lipinski definition) is 6. The van der Waals surface area contributed by atoms with Gasteiger partial charge in [0.1, 0.15) is 11.7 Å². The van der Waals surface area contributed by atoms with Gasteiger partial charge in [0.15, 0.2) is 11.5 Å². The van der Waals surface area contributed by atoms with Crippen molar-refractivity contribution in [1.82, 2.24) is 10.7 Å². The number of halogens is 1. The first-order chi connectivity index (χ1) is 17.5. The van der Waals surface area contributed by atoms with Crippen LogP contribution in [0.15, 0.2) is 77.9 Å². The molecule has 0 unspecified atom stereocenters. The van der Waals surface area contributed by atoms with Gasteiger partial charge in [-0.15, -0.1) is 0 Å². The maximum absolute atomic E-state index is 13.1. The van der Waals surface area contributed by atoms with Crippen LogP contribution < -0.4 is 20.2 Å². The summed E-state index contributed by atoms with van der Waals surface area (Å²) in [5, 5.41) is 6.73. The number of hydrogen-bond donors (Lipinski definition) is 2. The van der Waals surface area contributed by atoms with Gasteiger partial charge in [-0.2, -0.15) is 5.10 Å². The predicted molar refractivity (Wildman–Crippen MR) is 130 cm³/mol. The Kier molecular flexibility index (Phi) is 7.69. The van der Waals surface area contributed by atoms with Crippen molar-refractivity contribution in [2.24, 2.45) is 11.0 Å². The molecular weight excluding hydrogens is 465 g/mol. The number of carbonyl (C=O) groups excluding carboxylic acids is 3. The summed E-state index contributed by atoms with van der Waals surface area (Å²) in [7, 11) is 0. The Balaban J connectivity index is 1.43. The highest BCUT2D eigenvalue weighted by atomic mass is 19.1. The van der Waals surface area contributed by atoms with Crippen LogP contribution in [0.5, 0.6) is 11.5 Å². The highest BCUT2D eigenvalue weighted by Crippen LogP contribution is 2.30. The zero-order valence-electron chi connectivity index (χ0n) is 19.4. The summed E-state index contributed by atoms with van der Waals surface area (Å²) < 4.78 is 24.1. The van der Waals surface area contributed by atoms with Crippen molar-refractivity contribution in [1.29, 1.82) is 0 Å². The number of ether oxygens (including phenoxy) is 2. The molecule has 1 heterocycles. The van der Waals surface area contributed by atoms with Gasteiger partial charge in [0.05, 0.1) is 18.4 Å². The van der Waals surface area contributed by atoms with Crippen molar-refractivity contribution < 1.29 is 28.2 Å². The van der Waals surface area contributed by atoms with Crippen LogP contribution in [-0.2, 0) is 9.59 Å². The van der Waals surface area contributed by atoms with Gasteiger partial charge >= 0.3 is 5.97 Å². The van der Waals surface area contributed by atoms with E-state index in [1.54, 1.807) is 19.1 Å². The van der Waals surface area contributed by atoms with Gasteiger partial charge in [0.25, 0.3) is 5.91 Å². The monoisotopic (exact) mass is 489 g/mol. The van der Waals surface area contributed by atoms with Crippen LogP contribution in [0.4, 0.5) is 4.39 Å². The van der Waals surface area contributed by atoms with Crippen LogP contribution in [0.1, 0.15) is 34.3 Å². The Hall–Kier alpha value is -4.53. The lowest BCUT2D eigenvalue weighted by Gasteiger charge is -2.15. The normalized spacial score (nSPS) is 17.0. The molecule has 184 valence electrons. The topological polar surface area (TPSA) is 106 Å². The van der Waals surface area contributed by atoms with Crippen molar-refractivity contribution in [3.05, 3.63) is 95.3 Å². The molecule has 1 saturated heterocycles. The maximum Gasteiger partial charge on any atom is 0.343 e. The minimum absolute atomic E-state index is 0.181. The molecule has 0 bridgehead atoms. The van der Waals surface area contributed by atoms with Crippen molar-refractivity contribution in [2.45, 2.75) is 12.8 Å². The molecule has 3 aromatic carbocycles. The highest BCUT2D eigenvalue weighted by Gasteiger charge is 2.40. The van der Waals surface area contributed by atoms with Crippen LogP contribution >= 0.6 is 0 Å². The number of nitrogens with zero attached hydrogens (tertiary/aromatic N) is 1. The van der Waals surface area contributed by atoms with Gasteiger partial charge in [-0.25, -0.2) is 14.6 Å². The molecule has 2 N–H and O–H groups in total. The van der Waals surface area contributed by atoms with E-state index in [1.165, 1.54) is 36.5 Å². The molecule has 0 aromatic heterocycles. The third kappa shape index (κ3) is 5.75. The Labute approximate surface area is 207 Å². The minimum atomic E-state index is -0.892.